The van der Waals surface area contributed by atoms with Gasteiger partial charge in [-0.05, 0) is 0 Å². The van der Waals surface area contributed by atoms with Crippen LogP contribution in [0.25, 0.3) is 0 Å². The molecule has 0 aromatic heterocycles. The number of nitrogens with zero attached hydrogens (tertiary/aromatic N) is 4. The largest absolute Gasteiger partial charge is 0.371 e. The second-order valence-electron chi connectivity index (χ2n) is 6.49. The minimum Gasteiger partial charge on any atom is -0.371 e. The zero-order valence-electron chi connectivity index (χ0n) is 13.5. The number of hydrogen-bond acceptors (Lipinski definition) is 4. The molecule has 24 heavy (non-hydrogen) atoms. The number of hydrogen-bond donors (Lipinski definition) is 0. The maximum atomic E-state index is 12.9. The smallest absolute Gasteiger partial charge is 0.323 e. The highest BCUT2D eigenvalue weighted by molar-refractivity contribution is 5.85. The van der Waals surface area contributed by atoms with E-state index in [-0.39, 0.29) is 36.6 Å². The third-order valence-electron chi connectivity index (χ3n) is 4.78. The molecule has 4 rings (SSSR count). The number of ether oxygens (including phenoxy) is 2. The first kappa shape index (κ1) is 15.5. The van der Waals surface area contributed by atoms with Gasteiger partial charge >= 0.3 is 12.1 Å². The Labute approximate surface area is 140 Å². The van der Waals surface area contributed by atoms with E-state index in [1.807, 2.05) is 0 Å². The summed E-state index contributed by atoms with van der Waals surface area (Å²) >= 11 is 0. The Kier molecular flexibility index (Phi) is 3.73. The summed E-state index contributed by atoms with van der Waals surface area (Å²) in [5, 5.41) is 0. The first-order valence-corrected chi connectivity index (χ1v) is 8.25. The van der Waals surface area contributed by atoms with Crippen molar-refractivity contribution in [2.45, 2.75) is 24.5 Å². The van der Waals surface area contributed by atoms with E-state index in [0.717, 1.165) is 0 Å². The van der Waals surface area contributed by atoms with Crippen LogP contribution >= 0.6 is 0 Å². The summed E-state index contributed by atoms with van der Waals surface area (Å²) in [5.74, 6) is 0. The number of epoxide rings is 2. The fourth-order valence-electron chi connectivity index (χ4n) is 3.57. The van der Waals surface area contributed by atoms with Gasteiger partial charge in [-0.3, -0.25) is 19.6 Å². The summed E-state index contributed by atoms with van der Waals surface area (Å²) in [6.45, 7) is 10.6. The highest BCUT2D eigenvalue weighted by Crippen LogP contribution is 2.36. The molecule has 4 aliphatic heterocycles. The minimum atomic E-state index is -0.328. The van der Waals surface area contributed by atoms with E-state index in [4.69, 9.17) is 9.47 Å². The van der Waals surface area contributed by atoms with E-state index in [9.17, 15) is 9.59 Å². The van der Waals surface area contributed by atoms with Crippen LogP contribution in [0.2, 0.25) is 0 Å². The SMILES string of the molecule is C=CCN1C(=O)N(CC2CO2)C2C1N(CC1CO1)C(=O)N2CC=C. The summed E-state index contributed by atoms with van der Waals surface area (Å²) in [6, 6.07) is -0.160. The zero-order chi connectivity index (χ0) is 16.8. The molecule has 0 spiro atoms. The van der Waals surface area contributed by atoms with Crippen LogP contribution in [-0.4, -0.2) is 95.6 Å². The van der Waals surface area contributed by atoms with Crippen LogP contribution in [-0.2, 0) is 9.47 Å². The van der Waals surface area contributed by atoms with Crippen molar-refractivity contribution in [3.8, 4) is 0 Å². The van der Waals surface area contributed by atoms with E-state index < -0.39 is 0 Å². The van der Waals surface area contributed by atoms with Crippen molar-refractivity contribution >= 4 is 12.1 Å². The lowest BCUT2D eigenvalue weighted by atomic mass is 10.3. The summed E-state index contributed by atoms with van der Waals surface area (Å²) in [5.41, 5.74) is 0. The monoisotopic (exact) mass is 334 g/mol. The van der Waals surface area contributed by atoms with Crippen LogP contribution in [0.1, 0.15) is 0 Å². The van der Waals surface area contributed by atoms with Crippen LogP contribution in [0.3, 0.4) is 0 Å². The third kappa shape index (κ3) is 2.46. The molecule has 4 fully saturated rings. The molecule has 4 aliphatic rings. The number of amides is 4. The van der Waals surface area contributed by atoms with Gasteiger partial charge in [-0.25, -0.2) is 9.59 Å². The molecule has 0 aromatic carbocycles. The topological polar surface area (TPSA) is 72.2 Å². The molecule has 4 saturated heterocycles. The van der Waals surface area contributed by atoms with E-state index >= 15 is 0 Å². The molecule has 8 nitrogen and oxygen atoms in total. The van der Waals surface area contributed by atoms with Gasteiger partial charge in [0.25, 0.3) is 0 Å². The summed E-state index contributed by atoms with van der Waals surface area (Å²) < 4.78 is 10.6. The van der Waals surface area contributed by atoms with Crippen molar-refractivity contribution in [1.82, 2.24) is 19.6 Å². The van der Waals surface area contributed by atoms with E-state index in [2.05, 4.69) is 13.2 Å². The lowest BCUT2D eigenvalue weighted by Gasteiger charge is -2.28. The maximum Gasteiger partial charge on any atom is 0.323 e. The molecular weight excluding hydrogens is 312 g/mol. The highest BCUT2D eigenvalue weighted by atomic mass is 16.6. The fraction of sp³-hybridized carbons (Fsp3) is 0.625. The molecule has 4 atom stereocenters. The number of rotatable bonds is 8. The van der Waals surface area contributed by atoms with Crippen molar-refractivity contribution in [3.63, 3.8) is 0 Å². The molecule has 0 radical (unpaired) electrons. The second-order valence-corrected chi connectivity index (χ2v) is 6.49. The first-order valence-electron chi connectivity index (χ1n) is 8.25. The molecular formula is C16H22N4O4. The van der Waals surface area contributed by atoms with Crippen LogP contribution in [0.5, 0.6) is 0 Å². The lowest BCUT2D eigenvalue weighted by Crippen LogP contribution is -2.48. The normalized spacial score (nSPS) is 34.0. The maximum absolute atomic E-state index is 12.9. The molecule has 0 bridgehead atoms. The Hall–Kier alpha value is -2.06. The standard InChI is InChI=1S/C16H22N4O4/c1-3-5-17-13-14(20(15(17)21)8-12-10-24-12)18(6-4-2)16(22)19(13)7-11-9-23-11/h3-4,11-14H,1-2,5-10H2. The van der Waals surface area contributed by atoms with Crippen molar-refractivity contribution in [2.75, 3.05) is 39.4 Å². The summed E-state index contributed by atoms with van der Waals surface area (Å²) in [6.07, 6.45) is 2.87. The molecule has 0 aliphatic carbocycles. The summed E-state index contributed by atoms with van der Waals surface area (Å²) in [4.78, 5) is 32.7. The first-order chi connectivity index (χ1) is 11.7. The number of carbonyl (C=O) groups excluding carboxylic acids is 2. The Morgan fingerprint density at radius 1 is 0.833 bits per heavy atom. The van der Waals surface area contributed by atoms with Crippen molar-refractivity contribution in [2.24, 2.45) is 0 Å². The molecule has 4 heterocycles. The van der Waals surface area contributed by atoms with Crippen molar-refractivity contribution in [1.29, 1.82) is 0 Å². The van der Waals surface area contributed by atoms with Gasteiger partial charge in [0, 0.05) is 13.1 Å². The second kappa shape index (κ2) is 5.78. The van der Waals surface area contributed by atoms with Crippen LogP contribution < -0.4 is 0 Å². The van der Waals surface area contributed by atoms with Gasteiger partial charge in [0.1, 0.15) is 12.3 Å². The van der Waals surface area contributed by atoms with E-state index in [1.54, 1.807) is 31.8 Å². The van der Waals surface area contributed by atoms with Crippen molar-refractivity contribution < 1.29 is 19.1 Å². The lowest BCUT2D eigenvalue weighted by molar-refractivity contribution is 0.126. The molecule has 0 aromatic rings. The predicted molar refractivity (Wildman–Crippen MR) is 85.1 cm³/mol. The van der Waals surface area contributed by atoms with Crippen LogP contribution in [0, 0.1) is 0 Å². The number of carbonyl (C=O) groups is 2. The van der Waals surface area contributed by atoms with Crippen molar-refractivity contribution in [3.05, 3.63) is 25.3 Å². The van der Waals surface area contributed by atoms with Gasteiger partial charge in [-0.2, -0.15) is 0 Å². The average Bonchev–Trinajstić information content (AvgIpc) is 3.47. The van der Waals surface area contributed by atoms with E-state index in [0.29, 0.717) is 39.4 Å². The van der Waals surface area contributed by atoms with Gasteiger partial charge in [-0.1, -0.05) is 12.2 Å². The van der Waals surface area contributed by atoms with Gasteiger partial charge < -0.3 is 9.47 Å². The zero-order valence-corrected chi connectivity index (χ0v) is 13.5. The molecule has 0 N–H and O–H groups in total. The van der Waals surface area contributed by atoms with Gasteiger partial charge in [-0.15, -0.1) is 13.2 Å². The quantitative estimate of drug-likeness (QED) is 0.472. The summed E-state index contributed by atoms with van der Waals surface area (Å²) in [7, 11) is 0. The van der Waals surface area contributed by atoms with Crippen LogP contribution in [0.4, 0.5) is 9.59 Å². The third-order valence-corrected chi connectivity index (χ3v) is 4.78. The van der Waals surface area contributed by atoms with Gasteiger partial charge in [0.2, 0.25) is 0 Å². The minimum absolute atomic E-state index is 0.0692. The average molecular weight is 334 g/mol. The Balaban J connectivity index is 1.66. The number of fused-ring (bicyclic) bond motifs is 1. The molecule has 130 valence electrons. The molecule has 8 heteroatoms. The molecule has 4 amide bonds. The van der Waals surface area contributed by atoms with Crippen LogP contribution in [0.15, 0.2) is 25.3 Å². The van der Waals surface area contributed by atoms with E-state index in [1.165, 1.54) is 0 Å². The highest BCUT2D eigenvalue weighted by Gasteiger charge is 2.59. The van der Waals surface area contributed by atoms with Gasteiger partial charge in [0.15, 0.2) is 0 Å². The Bertz CT molecular complexity index is 524. The molecule has 4 unspecified atom stereocenters. The Morgan fingerprint density at radius 2 is 1.21 bits per heavy atom. The fourth-order valence-corrected chi connectivity index (χ4v) is 3.57. The molecule has 0 saturated carbocycles. The van der Waals surface area contributed by atoms with Gasteiger partial charge in [0.05, 0.1) is 38.5 Å². The number of urea groups is 2. The Morgan fingerprint density at radius 3 is 1.50 bits per heavy atom. The predicted octanol–water partition coefficient (Wildman–Crippen LogP) is 0.283.